The lowest BCUT2D eigenvalue weighted by Crippen LogP contribution is -3.00. The second-order valence-electron chi connectivity index (χ2n) is 13.8. The van der Waals surface area contributed by atoms with E-state index < -0.39 is 0 Å². The molecule has 5 heteroatoms. The summed E-state index contributed by atoms with van der Waals surface area (Å²) in [5.74, 6) is 2.01. The van der Waals surface area contributed by atoms with Crippen LogP contribution in [0.25, 0.3) is 0 Å². The Morgan fingerprint density at radius 1 is 0.373 bits per heavy atom. The molecule has 0 unspecified atom stereocenters. The number of nitrogens with zero attached hydrogens (tertiary/aromatic N) is 2. The van der Waals surface area contributed by atoms with Crippen LogP contribution in [-0.4, -0.2) is 51.2 Å². The third-order valence-electron chi connectivity index (χ3n) is 8.38. The Morgan fingerprint density at radius 2 is 0.608 bits per heavy atom. The summed E-state index contributed by atoms with van der Waals surface area (Å²) in [5.41, 5.74) is 2.67. The van der Waals surface area contributed by atoms with Gasteiger partial charge in [-0.1, -0.05) is 183 Å². The van der Waals surface area contributed by atoms with Gasteiger partial charge in [-0.15, -0.1) is 0 Å². The second kappa shape index (κ2) is 42.8. The Morgan fingerprint density at radius 3 is 0.843 bits per heavy atom. The van der Waals surface area contributed by atoms with Crippen molar-refractivity contribution in [3.05, 3.63) is 59.7 Å². The molecule has 0 aliphatic heterocycles. The van der Waals surface area contributed by atoms with Crippen LogP contribution in [0.2, 0.25) is 0 Å². The third-order valence-corrected chi connectivity index (χ3v) is 8.38. The maximum absolute atomic E-state index is 5.84. The molecule has 0 amide bonds. The van der Waals surface area contributed by atoms with E-state index in [1.54, 1.807) is 0 Å². The van der Waals surface area contributed by atoms with E-state index in [2.05, 4.69) is 100 Å². The maximum atomic E-state index is 5.84. The van der Waals surface area contributed by atoms with E-state index in [0.717, 1.165) is 37.8 Å². The molecule has 0 radical (unpaired) electrons. The Labute approximate surface area is 332 Å². The first-order valence-corrected chi connectivity index (χ1v) is 19.2. The van der Waals surface area contributed by atoms with Crippen molar-refractivity contribution >= 4 is 0 Å². The molecule has 2 aromatic carbocycles. The van der Waals surface area contributed by atoms with E-state index in [9.17, 15) is 0 Å². The zero-order valence-corrected chi connectivity index (χ0v) is 33.3. The number of halogens is 1. The lowest BCUT2D eigenvalue weighted by Gasteiger charge is -2.11. The SMILES string of the molecule is C.C.C.C.CCCCCCCCCCCCCCOc1ccc(CN(C)C)cc1.CCCCCCCCCCOc1ccc(CN(C)C)cc1.[Br-]. The lowest BCUT2D eigenvalue weighted by atomic mass is 10.1. The van der Waals surface area contributed by atoms with Gasteiger partial charge in [-0.2, -0.15) is 0 Å². The van der Waals surface area contributed by atoms with Crippen molar-refractivity contribution in [3.63, 3.8) is 0 Å². The minimum atomic E-state index is 0. The molecule has 0 atom stereocenters. The Bertz CT molecular complexity index is 902. The van der Waals surface area contributed by atoms with Crippen molar-refractivity contribution in [2.45, 2.75) is 185 Å². The van der Waals surface area contributed by atoms with Crippen molar-refractivity contribution < 1.29 is 26.5 Å². The van der Waals surface area contributed by atoms with Crippen LogP contribution in [0.3, 0.4) is 0 Å². The highest BCUT2D eigenvalue weighted by Crippen LogP contribution is 2.16. The summed E-state index contributed by atoms with van der Waals surface area (Å²) >= 11 is 0. The van der Waals surface area contributed by atoms with Gasteiger partial charge in [0.25, 0.3) is 0 Å². The number of benzene rings is 2. The monoisotopic (exact) mass is 782 g/mol. The molecule has 51 heavy (non-hydrogen) atoms. The molecule has 2 rings (SSSR count). The highest BCUT2D eigenvalue weighted by Gasteiger charge is 2.00. The van der Waals surface area contributed by atoms with Crippen molar-refractivity contribution in [3.8, 4) is 11.5 Å². The summed E-state index contributed by atoms with van der Waals surface area (Å²) in [6, 6.07) is 17.0. The number of hydrogen-bond acceptors (Lipinski definition) is 4. The van der Waals surface area contributed by atoms with Gasteiger partial charge in [-0.25, -0.2) is 0 Å². The molecule has 0 saturated carbocycles. The van der Waals surface area contributed by atoms with Gasteiger partial charge < -0.3 is 36.3 Å². The fourth-order valence-electron chi connectivity index (χ4n) is 5.67. The van der Waals surface area contributed by atoms with E-state index in [1.807, 2.05) is 0 Å². The molecular formula is C46H90BrN2O2-. The maximum Gasteiger partial charge on any atom is 0.119 e. The van der Waals surface area contributed by atoms with Crippen LogP contribution < -0.4 is 26.5 Å². The third kappa shape index (κ3) is 38.0. The average molecular weight is 783 g/mol. The van der Waals surface area contributed by atoms with E-state index in [4.69, 9.17) is 9.47 Å². The van der Waals surface area contributed by atoms with Crippen LogP contribution >= 0.6 is 0 Å². The smallest absolute Gasteiger partial charge is 0.119 e. The van der Waals surface area contributed by atoms with Gasteiger partial charge >= 0.3 is 0 Å². The first kappa shape index (κ1) is 58.7. The Hall–Kier alpha value is -1.56. The largest absolute Gasteiger partial charge is 1.00 e. The van der Waals surface area contributed by atoms with Crippen molar-refractivity contribution in [2.24, 2.45) is 0 Å². The summed E-state index contributed by atoms with van der Waals surface area (Å²) in [6.07, 6.45) is 27.4. The zero-order chi connectivity index (χ0) is 33.5. The van der Waals surface area contributed by atoms with Crippen molar-refractivity contribution in [2.75, 3.05) is 41.4 Å². The summed E-state index contributed by atoms with van der Waals surface area (Å²) in [5, 5.41) is 0. The van der Waals surface area contributed by atoms with Crippen LogP contribution in [0, 0.1) is 0 Å². The first-order chi connectivity index (χ1) is 22.4. The summed E-state index contributed by atoms with van der Waals surface area (Å²) < 4.78 is 11.6. The number of unbranched alkanes of at least 4 members (excludes halogenated alkanes) is 18. The van der Waals surface area contributed by atoms with Crippen molar-refractivity contribution in [1.82, 2.24) is 9.80 Å². The molecule has 0 aromatic heterocycles. The highest BCUT2D eigenvalue weighted by atomic mass is 79.9. The van der Waals surface area contributed by atoms with Gasteiger partial charge in [0.05, 0.1) is 13.2 Å². The lowest BCUT2D eigenvalue weighted by molar-refractivity contribution is -0.0000127. The van der Waals surface area contributed by atoms with E-state index in [1.165, 1.54) is 140 Å². The second-order valence-corrected chi connectivity index (χ2v) is 13.8. The number of hydrogen-bond donors (Lipinski definition) is 0. The fraction of sp³-hybridized carbons (Fsp3) is 0.739. The van der Waals surface area contributed by atoms with E-state index >= 15 is 0 Å². The summed E-state index contributed by atoms with van der Waals surface area (Å²) in [4.78, 5) is 4.36. The van der Waals surface area contributed by atoms with Gasteiger partial charge in [0.2, 0.25) is 0 Å². The molecule has 0 aliphatic rings. The van der Waals surface area contributed by atoms with E-state index in [0.29, 0.717) is 0 Å². The fourth-order valence-corrected chi connectivity index (χ4v) is 5.67. The van der Waals surface area contributed by atoms with Gasteiger partial charge in [0.15, 0.2) is 0 Å². The minimum Gasteiger partial charge on any atom is -1.00 e. The molecule has 0 N–H and O–H groups in total. The predicted molar refractivity (Wildman–Crippen MR) is 229 cm³/mol. The molecule has 2 aromatic rings. The standard InChI is InChI=1S/C23H41NO.C19H33NO.4CH4.BrH/c1-4-5-6-7-8-9-10-11-12-13-14-15-20-25-23-18-16-22(17-19-23)21-24(2)3;1-4-5-6-7-8-9-10-11-16-21-19-14-12-18(13-15-19)17-20(2)3;;;;;/h16-19H,4-15,20-21H2,1-3H3;12-15H,4-11,16-17H2,1-3H3;4*1H4;1H/p-1. The van der Waals surface area contributed by atoms with Crippen LogP contribution in [0.4, 0.5) is 0 Å². The molecule has 0 saturated heterocycles. The van der Waals surface area contributed by atoms with Crippen LogP contribution in [0.5, 0.6) is 11.5 Å². The van der Waals surface area contributed by atoms with Crippen LogP contribution in [0.1, 0.15) is 183 Å². The first-order valence-electron chi connectivity index (χ1n) is 19.2. The van der Waals surface area contributed by atoms with Crippen LogP contribution in [0.15, 0.2) is 48.5 Å². The average Bonchev–Trinajstić information content (AvgIpc) is 3.04. The van der Waals surface area contributed by atoms with Gasteiger partial charge in [-0.3, -0.25) is 0 Å². The molecule has 0 fully saturated rings. The molecule has 4 nitrogen and oxygen atoms in total. The molecular weight excluding hydrogens is 692 g/mol. The van der Waals surface area contributed by atoms with Gasteiger partial charge in [0, 0.05) is 13.1 Å². The molecule has 0 aliphatic carbocycles. The Kier molecular flexibility index (Phi) is 49.4. The molecule has 0 heterocycles. The quantitative estimate of drug-likeness (QED) is 0.0803. The van der Waals surface area contributed by atoms with E-state index in [-0.39, 0.29) is 46.7 Å². The predicted octanol–water partition coefficient (Wildman–Crippen LogP) is 11.6. The highest BCUT2D eigenvalue weighted by molar-refractivity contribution is 5.28. The van der Waals surface area contributed by atoms with Crippen LogP contribution in [-0.2, 0) is 13.1 Å². The van der Waals surface area contributed by atoms with Gasteiger partial charge in [0.1, 0.15) is 11.5 Å². The number of rotatable bonds is 28. The van der Waals surface area contributed by atoms with Gasteiger partial charge in [-0.05, 0) is 76.4 Å². The topological polar surface area (TPSA) is 24.9 Å². The normalized spacial score (nSPS) is 10.0. The minimum absolute atomic E-state index is 0. The number of ether oxygens (including phenoxy) is 2. The summed E-state index contributed by atoms with van der Waals surface area (Å²) in [6.45, 7) is 8.22. The summed E-state index contributed by atoms with van der Waals surface area (Å²) in [7, 11) is 8.37. The molecule has 0 bridgehead atoms. The molecule has 304 valence electrons. The molecule has 0 spiro atoms. The Balaban J connectivity index is -0.000000255. The van der Waals surface area contributed by atoms with Crippen molar-refractivity contribution in [1.29, 1.82) is 0 Å². The zero-order valence-electron chi connectivity index (χ0n) is 31.7.